The van der Waals surface area contributed by atoms with Gasteiger partial charge in [-0.3, -0.25) is 9.67 Å². The molecule has 0 saturated carbocycles. The molecule has 0 aliphatic heterocycles. The summed E-state index contributed by atoms with van der Waals surface area (Å²) in [6, 6.07) is 5.23. The van der Waals surface area contributed by atoms with Crippen molar-refractivity contribution in [2.45, 2.75) is 26.9 Å². The molecule has 1 aromatic carbocycles. The van der Waals surface area contributed by atoms with Crippen LogP contribution in [0.4, 0.5) is 4.39 Å². The summed E-state index contributed by atoms with van der Waals surface area (Å²) in [7, 11) is 1.71. The molecule has 0 fully saturated rings. The molecule has 0 bridgehead atoms. The van der Waals surface area contributed by atoms with Crippen molar-refractivity contribution in [2.75, 3.05) is 13.6 Å². The average Bonchev–Trinajstić information content (AvgIpc) is 2.91. The second kappa shape index (κ2) is 7.59. The summed E-state index contributed by atoms with van der Waals surface area (Å²) in [5.41, 5.74) is 2.68. The van der Waals surface area contributed by atoms with Gasteiger partial charge in [0.2, 0.25) is 0 Å². The van der Waals surface area contributed by atoms with Crippen molar-refractivity contribution in [3.63, 3.8) is 0 Å². The van der Waals surface area contributed by atoms with E-state index in [4.69, 9.17) is 0 Å². The molecule has 118 valence electrons. The monoisotopic (exact) mass is 303 g/mol. The van der Waals surface area contributed by atoms with Crippen molar-refractivity contribution >= 4 is 5.96 Å². The summed E-state index contributed by atoms with van der Waals surface area (Å²) in [4.78, 5) is 4.15. The minimum atomic E-state index is -0.184. The van der Waals surface area contributed by atoms with Crippen LogP contribution < -0.4 is 10.6 Å². The van der Waals surface area contributed by atoms with Gasteiger partial charge in [0.15, 0.2) is 5.96 Å². The Morgan fingerprint density at radius 3 is 2.77 bits per heavy atom. The number of aryl methyl sites for hydroxylation is 2. The Labute approximate surface area is 130 Å². The van der Waals surface area contributed by atoms with Gasteiger partial charge in [0.05, 0.1) is 12.7 Å². The lowest BCUT2D eigenvalue weighted by Crippen LogP contribution is -2.38. The van der Waals surface area contributed by atoms with Gasteiger partial charge >= 0.3 is 0 Å². The smallest absolute Gasteiger partial charge is 0.191 e. The second-order valence-electron chi connectivity index (χ2n) is 5.22. The maximum atomic E-state index is 13.5. The van der Waals surface area contributed by atoms with Crippen molar-refractivity contribution in [2.24, 2.45) is 4.99 Å². The van der Waals surface area contributed by atoms with Crippen LogP contribution in [-0.2, 0) is 13.1 Å². The number of aromatic nitrogens is 2. The van der Waals surface area contributed by atoms with Crippen LogP contribution in [0.15, 0.2) is 35.6 Å². The third-order valence-corrected chi connectivity index (χ3v) is 3.32. The van der Waals surface area contributed by atoms with Crippen LogP contribution in [-0.4, -0.2) is 29.3 Å². The number of nitrogens with one attached hydrogen (secondary N) is 2. The van der Waals surface area contributed by atoms with Gasteiger partial charge in [0, 0.05) is 26.3 Å². The van der Waals surface area contributed by atoms with Crippen LogP contribution >= 0.6 is 0 Å². The molecule has 0 amide bonds. The summed E-state index contributed by atoms with van der Waals surface area (Å²) >= 11 is 0. The van der Waals surface area contributed by atoms with E-state index < -0.39 is 0 Å². The van der Waals surface area contributed by atoms with Gasteiger partial charge in [-0.05, 0) is 36.6 Å². The summed E-state index contributed by atoms with van der Waals surface area (Å²) < 4.78 is 15.4. The van der Waals surface area contributed by atoms with Gasteiger partial charge in [0.1, 0.15) is 5.82 Å². The Bertz CT molecular complexity index is 648. The van der Waals surface area contributed by atoms with E-state index in [-0.39, 0.29) is 5.82 Å². The Morgan fingerprint density at radius 2 is 2.14 bits per heavy atom. The molecule has 22 heavy (non-hydrogen) atoms. The molecule has 2 aromatic rings. The van der Waals surface area contributed by atoms with E-state index in [1.807, 2.05) is 30.1 Å². The lowest BCUT2D eigenvalue weighted by Gasteiger charge is -2.12. The molecule has 1 heterocycles. The fourth-order valence-electron chi connectivity index (χ4n) is 2.03. The molecule has 5 nitrogen and oxygen atoms in total. The fraction of sp³-hybridized carbons (Fsp3) is 0.375. The molecule has 0 aliphatic carbocycles. The van der Waals surface area contributed by atoms with Crippen LogP contribution in [0, 0.1) is 19.7 Å². The summed E-state index contributed by atoms with van der Waals surface area (Å²) in [5, 5.41) is 10.6. The number of hydrogen-bond donors (Lipinski definition) is 2. The zero-order valence-electron chi connectivity index (χ0n) is 13.2. The number of guanidine groups is 1. The molecule has 0 saturated heterocycles. The maximum absolute atomic E-state index is 13.5. The topological polar surface area (TPSA) is 54.2 Å². The highest BCUT2D eigenvalue weighted by Gasteiger charge is 2.02. The van der Waals surface area contributed by atoms with Crippen molar-refractivity contribution < 1.29 is 4.39 Å². The molecule has 2 N–H and O–H groups in total. The first-order valence-corrected chi connectivity index (χ1v) is 7.27. The molecule has 0 spiro atoms. The van der Waals surface area contributed by atoms with Gasteiger partial charge in [0.25, 0.3) is 0 Å². The van der Waals surface area contributed by atoms with Crippen LogP contribution in [0.25, 0.3) is 0 Å². The van der Waals surface area contributed by atoms with Gasteiger partial charge in [-0.25, -0.2) is 4.39 Å². The summed E-state index contributed by atoms with van der Waals surface area (Å²) in [6.07, 6.45) is 3.83. The Balaban J connectivity index is 1.78. The highest BCUT2D eigenvalue weighted by molar-refractivity contribution is 5.79. The number of rotatable bonds is 5. The minimum absolute atomic E-state index is 0.184. The van der Waals surface area contributed by atoms with Crippen LogP contribution in [0.3, 0.4) is 0 Å². The van der Waals surface area contributed by atoms with Crippen molar-refractivity contribution in [1.82, 2.24) is 20.4 Å². The lowest BCUT2D eigenvalue weighted by molar-refractivity contribution is 0.596. The van der Waals surface area contributed by atoms with E-state index in [1.165, 1.54) is 0 Å². The van der Waals surface area contributed by atoms with E-state index in [0.717, 1.165) is 17.7 Å². The third kappa shape index (κ3) is 4.58. The normalized spacial score (nSPS) is 11.5. The molecule has 2 rings (SSSR count). The van der Waals surface area contributed by atoms with E-state index >= 15 is 0 Å². The molecule has 0 aliphatic rings. The lowest BCUT2D eigenvalue weighted by atomic mass is 10.1. The highest BCUT2D eigenvalue weighted by atomic mass is 19.1. The summed E-state index contributed by atoms with van der Waals surface area (Å²) in [6.45, 7) is 5.76. The van der Waals surface area contributed by atoms with Crippen molar-refractivity contribution in [3.05, 3.63) is 53.1 Å². The SMILES string of the molecule is CN=C(NCCn1cc(C)cn1)NCc1ccc(C)c(F)c1. The zero-order valence-corrected chi connectivity index (χ0v) is 13.2. The van der Waals surface area contributed by atoms with E-state index in [9.17, 15) is 4.39 Å². The Kier molecular flexibility index (Phi) is 5.52. The maximum Gasteiger partial charge on any atom is 0.191 e. The molecule has 0 radical (unpaired) electrons. The second-order valence-corrected chi connectivity index (χ2v) is 5.22. The first-order chi connectivity index (χ1) is 10.6. The summed E-state index contributed by atoms with van der Waals surface area (Å²) in [5.74, 6) is 0.501. The van der Waals surface area contributed by atoms with Gasteiger partial charge in [-0.2, -0.15) is 5.10 Å². The van der Waals surface area contributed by atoms with E-state index in [2.05, 4.69) is 20.7 Å². The van der Waals surface area contributed by atoms with Crippen LogP contribution in [0.1, 0.15) is 16.7 Å². The number of hydrogen-bond acceptors (Lipinski definition) is 2. The quantitative estimate of drug-likeness (QED) is 0.656. The standard InChI is InChI=1S/C16H22FN5/c1-12-9-21-22(11-12)7-6-19-16(18-3)20-10-14-5-4-13(2)15(17)8-14/h4-5,8-9,11H,6-7,10H2,1-3H3,(H2,18,19,20). The fourth-order valence-corrected chi connectivity index (χ4v) is 2.03. The number of benzene rings is 1. The number of halogens is 1. The van der Waals surface area contributed by atoms with Gasteiger partial charge in [-0.15, -0.1) is 0 Å². The van der Waals surface area contributed by atoms with Gasteiger partial charge < -0.3 is 10.6 Å². The van der Waals surface area contributed by atoms with E-state index in [0.29, 0.717) is 24.6 Å². The van der Waals surface area contributed by atoms with Crippen molar-refractivity contribution in [1.29, 1.82) is 0 Å². The average molecular weight is 303 g/mol. The van der Waals surface area contributed by atoms with Gasteiger partial charge in [-0.1, -0.05) is 12.1 Å². The zero-order chi connectivity index (χ0) is 15.9. The predicted molar refractivity (Wildman–Crippen MR) is 86.3 cm³/mol. The molecule has 6 heteroatoms. The first-order valence-electron chi connectivity index (χ1n) is 7.27. The molecular formula is C16H22FN5. The predicted octanol–water partition coefficient (Wildman–Crippen LogP) is 2.00. The molecule has 0 unspecified atom stereocenters. The van der Waals surface area contributed by atoms with Crippen molar-refractivity contribution in [3.8, 4) is 0 Å². The largest absolute Gasteiger partial charge is 0.355 e. The molecular weight excluding hydrogens is 281 g/mol. The third-order valence-electron chi connectivity index (χ3n) is 3.32. The Hall–Kier alpha value is -2.37. The Morgan fingerprint density at radius 1 is 1.32 bits per heavy atom. The molecule has 0 atom stereocenters. The van der Waals surface area contributed by atoms with E-state index in [1.54, 1.807) is 26.1 Å². The minimum Gasteiger partial charge on any atom is -0.355 e. The first kappa shape index (κ1) is 16.0. The van der Waals surface area contributed by atoms with Crippen LogP contribution in [0.5, 0.6) is 0 Å². The van der Waals surface area contributed by atoms with Crippen LogP contribution in [0.2, 0.25) is 0 Å². The molecule has 1 aromatic heterocycles. The number of nitrogens with zero attached hydrogens (tertiary/aromatic N) is 3. The highest BCUT2D eigenvalue weighted by Crippen LogP contribution is 2.08. The number of aliphatic imine (C=N–C) groups is 1.